The lowest BCUT2D eigenvalue weighted by molar-refractivity contribution is 0.287. The van der Waals surface area contributed by atoms with Crippen LogP contribution in [0.5, 0.6) is 5.88 Å². The fourth-order valence-corrected chi connectivity index (χ4v) is 3.26. The van der Waals surface area contributed by atoms with Crippen LogP contribution >= 0.6 is 0 Å². The van der Waals surface area contributed by atoms with Crippen LogP contribution in [-0.2, 0) is 19.4 Å². The second kappa shape index (κ2) is 6.97. The summed E-state index contributed by atoms with van der Waals surface area (Å²) in [6.07, 6.45) is 11.5. The van der Waals surface area contributed by atoms with Crippen molar-refractivity contribution in [3.8, 4) is 17.0 Å². The summed E-state index contributed by atoms with van der Waals surface area (Å²) in [5, 5.41) is 0. The van der Waals surface area contributed by atoms with Crippen LogP contribution in [0.15, 0.2) is 43.1 Å². The van der Waals surface area contributed by atoms with Gasteiger partial charge in [0.1, 0.15) is 12.9 Å². The molecular weight excluding hydrogens is 312 g/mol. The predicted molar refractivity (Wildman–Crippen MR) is 95.2 cm³/mol. The summed E-state index contributed by atoms with van der Waals surface area (Å²) in [6, 6.07) is 5.99. The minimum Gasteiger partial charge on any atom is -0.471 e. The number of hydrogen-bond acceptors (Lipinski definition) is 5. The van der Waals surface area contributed by atoms with Gasteiger partial charge in [-0.15, -0.1) is 0 Å². The fraction of sp³-hybridized carbons (Fsp3) is 0.300. The van der Waals surface area contributed by atoms with E-state index in [1.165, 1.54) is 18.4 Å². The number of aryl methyl sites for hydroxylation is 2. The largest absolute Gasteiger partial charge is 0.471 e. The van der Waals surface area contributed by atoms with Gasteiger partial charge in [-0.05, 0) is 55.4 Å². The van der Waals surface area contributed by atoms with Gasteiger partial charge in [-0.3, -0.25) is 4.98 Å². The first-order chi connectivity index (χ1) is 12.3. The molecule has 3 heterocycles. The van der Waals surface area contributed by atoms with E-state index in [4.69, 9.17) is 9.72 Å². The topological polar surface area (TPSA) is 60.8 Å². The molecule has 0 bridgehead atoms. The minimum absolute atomic E-state index is 0.420. The molecule has 3 aromatic heterocycles. The molecule has 0 atom stereocenters. The van der Waals surface area contributed by atoms with Crippen LogP contribution in [0.25, 0.3) is 11.1 Å². The first kappa shape index (κ1) is 15.7. The molecule has 3 aromatic rings. The molecule has 0 saturated heterocycles. The van der Waals surface area contributed by atoms with E-state index in [1.807, 2.05) is 37.5 Å². The Morgan fingerprint density at radius 1 is 1.12 bits per heavy atom. The first-order valence-electron chi connectivity index (χ1n) is 8.63. The molecule has 0 saturated carbocycles. The molecule has 4 rings (SSSR count). The van der Waals surface area contributed by atoms with Crippen molar-refractivity contribution in [2.45, 2.75) is 39.2 Å². The Balaban J connectivity index is 1.68. The maximum Gasteiger partial charge on any atom is 0.214 e. The highest BCUT2D eigenvalue weighted by Gasteiger charge is 2.18. The molecule has 1 aliphatic carbocycles. The van der Waals surface area contributed by atoms with Crippen LogP contribution < -0.4 is 4.74 Å². The summed E-state index contributed by atoms with van der Waals surface area (Å²) in [6.45, 7) is 2.46. The molecule has 5 heteroatoms. The molecule has 126 valence electrons. The van der Waals surface area contributed by atoms with Crippen molar-refractivity contribution in [1.29, 1.82) is 0 Å². The number of aromatic nitrogens is 4. The van der Waals surface area contributed by atoms with E-state index in [0.29, 0.717) is 12.5 Å². The highest BCUT2D eigenvalue weighted by molar-refractivity contribution is 5.68. The van der Waals surface area contributed by atoms with E-state index in [9.17, 15) is 0 Å². The van der Waals surface area contributed by atoms with Gasteiger partial charge >= 0.3 is 0 Å². The van der Waals surface area contributed by atoms with Gasteiger partial charge in [0.15, 0.2) is 0 Å². The molecule has 0 radical (unpaired) electrons. The number of hydrogen-bond donors (Lipinski definition) is 0. The van der Waals surface area contributed by atoms with Gasteiger partial charge in [0.2, 0.25) is 5.88 Å². The zero-order valence-electron chi connectivity index (χ0n) is 14.3. The van der Waals surface area contributed by atoms with Crippen molar-refractivity contribution in [3.63, 3.8) is 0 Å². The first-order valence-corrected chi connectivity index (χ1v) is 8.63. The van der Waals surface area contributed by atoms with Crippen molar-refractivity contribution >= 4 is 0 Å². The van der Waals surface area contributed by atoms with Crippen LogP contribution in [0.4, 0.5) is 0 Å². The van der Waals surface area contributed by atoms with Crippen LogP contribution in [0, 0.1) is 6.92 Å². The summed E-state index contributed by atoms with van der Waals surface area (Å²) < 4.78 is 5.99. The van der Waals surface area contributed by atoms with Gasteiger partial charge in [-0.1, -0.05) is 6.07 Å². The van der Waals surface area contributed by atoms with Crippen molar-refractivity contribution in [3.05, 3.63) is 65.6 Å². The monoisotopic (exact) mass is 332 g/mol. The second-order valence-corrected chi connectivity index (χ2v) is 6.32. The van der Waals surface area contributed by atoms with E-state index in [-0.39, 0.29) is 0 Å². The Labute approximate surface area is 147 Å². The lowest BCUT2D eigenvalue weighted by Crippen LogP contribution is -2.10. The third-order valence-corrected chi connectivity index (χ3v) is 4.62. The zero-order valence-corrected chi connectivity index (χ0v) is 14.3. The standard InChI is InChI=1S/C20H20N4O/c1-14-5-4-8-23-19(14)12-25-20-9-17(15-10-21-13-22-11-15)16-6-2-3-7-18(16)24-20/h4-5,8-11,13H,2-3,6-7,12H2,1H3. The Kier molecular flexibility index (Phi) is 4.37. The third-order valence-electron chi connectivity index (χ3n) is 4.62. The fourth-order valence-electron chi connectivity index (χ4n) is 3.26. The summed E-state index contributed by atoms with van der Waals surface area (Å²) in [5.74, 6) is 0.643. The Bertz CT molecular complexity index is 880. The summed E-state index contributed by atoms with van der Waals surface area (Å²) in [4.78, 5) is 17.5. The average Bonchev–Trinajstić information content (AvgIpc) is 2.67. The molecule has 0 N–H and O–H groups in total. The highest BCUT2D eigenvalue weighted by Crippen LogP contribution is 2.33. The lowest BCUT2D eigenvalue weighted by Gasteiger charge is -2.20. The van der Waals surface area contributed by atoms with Gasteiger partial charge in [0.05, 0.1) is 5.69 Å². The van der Waals surface area contributed by atoms with E-state index in [2.05, 4.69) is 15.0 Å². The molecule has 1 aliphatic rings. The van der Waals surface area contributed by atoms with Crippen molar-refractivity contribution in [1.82, 2.24) is 19.9 Å². The van der Waals surface area contributed by atoms with E-state index in [0.717, 1.165) is 40.9 Å². The number of ether oxygens (including phenoxy) is 1. The number of rotatable bonds is 4. The zero-order chi connectivity index (χ0) is 17.1. The van der Waals surface area contributed by atoms with Crippen LogP contribution in [0.2, 0.25) is 0 Å². The average molecular weight is 332 g/mol. The second-order valence-electron chi connectivity index (χ2n) is 6.32. The van der Waals surface area contributed by atoms with Gasteiger partial charge in [-0.2, -0.15) is 0 Å². The maximum atomic E-state index is 5.99. The molecule has 0 unspecified atom stereocenters. The van der Waals surface area contributed by atoms with Crippen LogP contribution in [-0.4, -0.2) is 19.9 Å². The Hall–Kier alpha value is -2.82. The molecule has 0 spiro atoms. The normalized spacial score (nSPS) is 13.3. The summed E-state index contributed by atoms with van der Waals surface area (Å²) in [5.41, 5.74) is 6.66. The van der Waals surface area contributed by atoms with Gasteiger partial charge in [0.25, 0.3) is 0 Å². The Morgan fingerprint density at radius 3 is 2.80 bits per heavy atom. The molecule has 0 fully saturated rings. The van der Waals surface area contributed by atoms with Crippen molar-refractivity contribution in [2.24, 2.45) is 0 Å². The van der Waals surface area contributed by atoms with Gasteiger partial charge < -0.3 is 4.74 Å². The highest BCUT2D eigenvalue weighted by atomic mass is 16.5. The molecule has 0 aromatic carbocycles. The van der Waals surface area contributed by atoms with E-state index < -0.39 is 0 Å². The Morgan fingerprint density at radius 2 is 1.96 bits per heavy atom. The number of pyridine rings is 2. The number of nitrogens with zero attached hydrogens (tertiary/aromatic N) is 4. The SMILES string of the molecule is Cc1cccnc1COc1cc(-c2cncnc2)c2c(n1)CCCC2. The smallest absolute Gasteiger partial charge is 0.214 e. The number of fused-ring (bicyclic) bond motifs is 1. The molecule has 0 amide bonds. The summed E-state index contributed by atoms with van der Waals surface area (Å²) >= 11 is 0. The summed E-state index contributed by atoms with van der Waals surface area (Å²) in [7, 11) is 0. The predicted octanol–water partition coefficient (Wildman–Crippen LogP) is 3.70. The third kappa shape index (κ3) is 3.36. The lowest BCUT2D eigenvalue weighted by atomic mass is 9.90. The van der Waals surface area contributed by atoms with E-state index in [1.54, 1.807) is 12.5 Å². The van der Waals surface area contributed by atoms with Crippen LogP contribution in [0.3, 0.4) is 0 Å². The quantitative estimate of drug-likeness (QED) is 0.729. The minimum atomic E-state index is 0.420. The van der Waals surface area contributed by atoms with Gasteiger partial charge in [-0.25, -0.2) is 15.0 Å². The van der Waals surface area contributed by atoms with E-state index >= 15 is 0 Å². The molecular formula is C20H20N4O. The molecule has 25 heavy (non-hydrogen) atoms. The molecule has 0 aliphatic heterocycles. The van der Waals surface area contributed by atoms with Crippen LogP contribution in [0.1, 0.15) is 35.4 Å². The molecule has 5 nitrogen and oxygen atoms in total. The maximum absolute atomic E-state index is 5.99. The van der Waals surface area contributed by atoms with Crippen molar-refractivity contribution < 1.29 is 4.74 Å². The van der Waals surface area contributed by atoms with Crippen molar-refractivity contribution in [2.75, 3.05) is 0 Å². The van der Waals surface area contributed by atoms with Gasteiger partial charge in [0, 0.05) is 35.9 Å².